The van der Waals surface area contributed by atoms with Gasteiger partial charge in [-0.3, -0.25) is 0 Å². The molecule has 0 atom stereocenters. The van der Waals surface area contributed by atoms with E-state index in [0.717, 1.165) is 0 Å². The van der Waals surface area contributed by atoms with Gasteiger partial charge < -0.3 is 15.2 Å². The number of carbonyl (C=O) groups excluding carboxylic acids is 1. The number of hydrogen-bond donors (Lipinski definition) is 1. The maximum absolute atomic E-state index is 14.4. The van der Waals surface area contributed by atoms with Crippen LogP contribution < -0.4 is 10.5 Å². The summed E-state index contributed by atoms with van der Waals surface area (Å²) < 4.78 is 104. The van der Waals surface area contributed by atoms with Crippen LogP contribution in [0.4, 0.5) is 36.7 Å². The number of benzene rings is 1. The summed E-state index contributed by atoms with van der Waals surface area (Å²) in [6.07, 6.45) is -6.65. The second-order valence-corrected chi connectivity index (χ2v) is 5.75. The Bertz CT molecular complexity index is 931. The van der Waals surface area contributed by atoms with E-state index in [-0.39, 0.29) is 5.56 Å². The molecule has 0 radical (unpaired) electrons. The summed E-state index contributed by atoms with van der Waals surface area (Å²) in [7, 11) is 1.32. The Morgan fingerprint density at radius 1 is 1.03 bits per heavy atom. The van der Waals surface area contributed by atoms with E-state index in [1.54, 1.807) is 0 Å². The molecule has 0 aliphatic heterocycles. The molecule has 2 aromatic rings. The van der Waals surface area contributed by atoms with E-state index in [0.29, 0.717) is 5.75 Å². The average molecular weight is 441 g/mol. The number of anilines is 1. The molecule has 6 nitrogen and oxygen atoms in total. The second kappa shape index (κ2) is 7.95. The fourth-order valence-electron chi connectivity index (χ4n) is 2.39. The molecule has 0 spiro atoms. The smallest absolute Gasteiger partial charge is 0.460 e. The van der Waals surface area contributed by atoms with Crippen LogP contribution in [0.15, 0.2) is 24.3 Å². The lowest BCUT2D eigenvalue weighted by Gasteiger charge is -2.29. The highest BCUT2D eigenvalue weighted by Gasteiger charge is 2.75. The lowest BCUT2D eigenvalue weighted by Crippen LogP contribution is -2.51. The number of halogens is 7. The van der Waals surface area contributed by atoms with Crippen LogP contribution in [0, 0.1) is 0 Å². The van der Waals surface area contributed by atoms with Crippen LogP contribution in [0.25, 0.3) is 11.3 Å². The summed E-state index contributed by atoms with van der Waals surface area (Å²) in [5, 5.41) is 0. The fourth-order valence-corrected chi connectivity index (χ4v) is 2.39. The molecule has 2 rings (SSSR count). The lowest BCUT2D eigenvalue weighted by molar-refractivity contribution is -0.360. The molecule has 0 unspecified atom stereocenters. The third-order valence-electron chi connectivity index (χ3n) is 3.82. The third-order valence-corrected chi connectivity index (χ3v) is 3.82. The molecule has 1 aromatic carbocycles. The van der Waals surface area contributed by atoms with E-state index in [9.17, 15) is 35.5 Å². The molecule has 0 saturated carbocycles. The molecule has 30 heavy (non-hydrogen) atoms. The van der Waals surface area contributed by atoms with Crippen molar-refractivity contribution in [3.05, 3.63) is 35.5 Å². The summed E-state index contributed by atoms with van der Waals surface area (Å²) >= 11 is 0. The summed E-state index contributed by atoms with van der Waals surface area (Å²) in [4.78, 5) is 18.7. The van der Waals surface area contributed by atoms with Crippen molar-refractivity contribution in [3.8, 4) is 17.0 Å². The van der Waals surface area contributed by atoms with Crippen molar-refractivity contribution < 1.29 is 45.0 Å². The normalized spacial score (nSPS) is 12.6. The fraction of sp³-hybridized carbons (Fsp3) is 0.353. The lowest BCUT2D eigenvalue weighted by atomic mass is 9.97. The van der Waals surface area contributed by atoms with Crippen LogP contribution in [0.3, 0.4) is 0 Å². The van der Waals surface area contributed by atoms with Gasteiger partial charge >= 0.3 is 24.0 Å². The number of hydrogen-bond acceptors (Lipinski definition) is 6. The Kier molecular flexibility index (Phi) is 6.14. The van der Waals surface area contributed by atoms with Crippen molar-refractivity contribution in [2.24, 2.45) is 0 Å². The molecule has 1 heterocycles. The maximum Gasteiger partial charge on any atom is 0.460 e. The van der Waals surface area contributed by atoms with E-state index in [1.807, 2.05) is 0 Å². The second-order valence-electron chi connectivity index (χ2n) is 5.75. The Morgan fingerprint density at radius 2 is 1.60 bits per heavy atom. The molecule has 0 saturated heterocycles. The Balaban J connectivity index is 2.86. The molecule has 2 N–H and O–H groups in total. The number of methoxy groups -OCH3 is 1. The van der Waals surface area contributed by atoms with Gasteiger partial charge in [-0.2, -0.15) is 30.7 Å². The number of nitrogens with zero attached hydrogens (tertiary/aromatic N) is 2. The molecule has 13 heteroatoms. The predicted molar refractivity (Wildman–Crippen MR) is 89.3 cm³/mol. The zero-order valence-electron chi connectivity index (χ0n) is 15.4. The van der Waals surface area contributed by atoms with Gasteiger partial charge in [-0.15, -0.1) is 0 Å². The minimum Gasteiger partial charge on any atom is -0.497 e. The van der Waals surface area contributed by atoms with Gasteiger partial charge in [0.2, 0.25) is 5.95 Å². The summed E-state index contributed by atoms with van der Waals surface area (Å²) in [6, 6.07) is 5.02. The maximum atomic E-state index is 14.4. The summed E-state index contributed by atoms with van der Waals surface area (Å²) in [5.74, 6) is -14.9. The minimum atomic E-state index is -6.65. The van der Waals surface area contributed by atoms with Crippen LogP contribution in [-0.2, 0) is 10.7 Å². The van der Waals surface area contributed by atoms with E-state index < -0.39 is 53.5 Å². The Hall–Kier alpha value is -3.12. The van der Waals surface area contributed by atoms with E-state index in [2.05, 4.69) is 14.7 Å². The average Bonchev–Trinajstić information content (AvgIpc) is 2.66. The summed E-state index contributed by atoms with van der Waals surface area (Å²) in [6.45, 7) is 0.872. The Morgan fingerprint density at radius 3 is 2.07 bits per heavy atom. The van der Waals surface area contributed by atoms with Gasteiger partial charge in [0.1, 0.15) is 17.0 Å². The van der Waals surface area contributed by atoms with Crippen LogP contribution in [-0.4, -0.2) is 41.8 Å². The molecular weight excluding hydrogens is 427 g/mol. The SMILES string of the molecule is CCOC(=O)c1c(-c2ccc(OC)cc2)nc(N)nc1C(F)(F)C(F)(F)C(F)(F)F. The van der Waals surface area contributed by atoms with Crippen molar-refractivity contribution in [2.75, 3.05) is 19.5 Å². The van der Waals surface area contributed by atoms with Gasteiger partial charge in [-0.25, -0.2) is 14.8 Å². The van der Waals surface area contributed by atoms with Gasteiger partial charge in [0.05, 0.1) is 19.4 Å². The largest absolute Gasteiger partial charge is 0.497 e. The summed E-state index contributed by atoms with van der Waals surface area (Å²) in [5.41, 5.74) is 0.887. The van der Waals surface area contributed by atoms with E-state index in [4.69, 9.17) is 10.5 Å². The first-order valence-corrected chi connectivity index (χ1v) is 8.09. The predicted octanol–water partition coefficient (Wildman–Crippen LogP) is 4.20. The van der Waals surface area contributed by atoms with Crippen molar-refractivity contribution in [3.63, 3.8) is 0 Å². The van der Waals surface area contributed by atoms with Gasteiger partial charge in [0.25, 0.3) is 0 Å². The third kappa shape index (κ3) is 3.96. The quantitative estimate of drug-likeness (QED) is 0.534. The van der Waals surface area contributed by atoms with Gasteiger partial charge in [-0.05, 0) is 31.2 Å². The molecular formula is C17H14F7N3O3. The first-order chi connectivity index (χ1) is 13.8. The highest BCUT2D eigenvalue weighted by molar-refractivity contribution is 5.98. The zero-order valence-corrected chi connectivity index (χ0v) is 15.4. The molecule has 164 valence electrons. The number of ether oxygens (including phenoxy) is 2. The first-order valence-electron chi connectivity index (χ1n) is 8.09. The van der Waals surface area contributed by atoms with Crippen molar-refractivity contribution in [2.45, 2.75) is 24.9 Å². The monoisotopic (exact) mass is 441 g/mol. The Labute approximate surface area is 164 Å². The van der Waals surface area contributed by atoms with Crippen LogP contribution >= 0.6 is 0 Å². The molecule has 0 aliphatic rings. The number of alkyl halides is 7. The van der Waals surface area contributed by atoms with Crippen molar-refractivity contribution >= 4 is 11.9 Å². The van der Waals surface area contributed by atoms with Crippen molar-refractivity contribution in [1.29, 1.82) is 0 Å². The highest BCUT2D eigenvalue weighted by Crippen LogP contribution is 2.52. The highest BCUT2D eigenvalue weighted by atomic mass is 19.4. The molecule has 0 fully saturated rings. The number of nitrogens with two attached hydrogens (primary N) is 1. The first kappa shape index (κ1) is 23.2. The van der Waals surface area contributed by atoms with E-state index >= 15 is 0 Å². The van der Waals surface area contributed by atoms with Gasteiger partial charge in [0.15, 0.2) is 0 Å². The van der Waals surface area contributed by atoms with Crippen molar-refractivity contribution in [1.82, 2.24) is 9.97 Å². The number of carbonyl (C=O) groups is 1. The van der Waals surface area contributed by atoms with E-state index in [1.165, 1.54) is 38.3 Å². The molecule has 0 amide bonds. The minimum absolute atomic E-state index is 0.111. The number of nitrogen functional groups attached to an aromatic ring is 1. The van der Waals surface area contributed by atoms with Crippen LogP contribution in [0.2, 0.25) is 0 Å². The van der Waals surface area contributed by atoms with Gasteiger partial charge in [0, 0.05) is 5.56 Å². The number of rotatable bonds is 6. The molecule has 0 bridgehead atoms. The molecule has 0 aliphatic carbocycles. The standard InChI is InChI=1S/C17H14F7N3O3/c1-3-30-13(28)10-11(8-4-6-9(29-2)7-5-8)26-14(25)27-12(10)15(18,19)16(20,21)17(22,23)24/h4-7H,3H2,1-2H3,(H2,25,26,27). The number of aromatic nitrogens is 2. The van der Waals surface area contributed by atoms with Crippen LogP contribution in [0.1, 0.15) is 23.0 Å². The molecule has 1 aromatic heterocycles. The van der Waals surface area contributed by atoms with Crippen LogP contribution in [0.5, 0.6) is 5.75 Å². The zero-order chi connectivity index (χ0) is 22.9. The number of esters is 1. The topological polar surface area (TPSA) is 87.3 Å². The van der Waals surface area contributed by atoms with Gasteiger partial charge in [-0.1, -0.05) is 0 Å².